The van der Waals surface area contributed by atoms with Gasteiger partial charge < -0.3 is 14.2 Å². The SMILES string of the molecule is Cc1nc(SCC(=O)N(C)C)n(CC2CCCO2)c1C. The van der Waals surface area contributed by atoms with Crippen molar-refractivity contribution in [1.29, 1.82) is 0 Å². The van der Waals surface area contributed by atoms with Crippen LogP contribution in [0, 0.1) is 13.8 Å². The van der Waals surface area contributed by atoms with Crippen molar-refractivity contribution in [1.82, 2.24) is 14.5 Å². The first kappa shape index (κ1) is 15.4. The quantitative estimate of drug-likeness (QED) is 0.778. The average Bonchev–Trinajstić information content (AvgIpc) is 3.00. The molecule has 2 heterocycles. The van der Waals surface area contributed by atoms with E-state index in [0.717, 1.165) is 36.8 Å². The van der Waals surface area contributed by atoms with Gasteiger partial charge in [0, 0.05) is 26.4 Å². The molecule has 1 atom stereocenters. The number of nitrogens with zero attached hydrogens (tertiary/aromatic N) is 3. The van der Waals surface area contributed by atoms with Gasteiger partial charge in [-0.15, -0.1) is 0 Å². The molecule has 1 aromatic rings. The Labute approximate surface area is 124 Å². The molecule has 20 heavy (non-hydrogen) atoms. The van der Waals surface area contributed by atoms with Gasteiger partial charge in [0.15, 0.2) is 5.16 Å². The maximum Gasteiger partial charge on any atom is 0.232 e. The highest BCUT2D eigenvalue weighted by Crippen LogP contribution is 2.24. The minimum atomic E-state index is 0.108. The predicted molar refractivity (Wildman–Crippen MR) is 80.1 cm³/mol. The van der Waals surface area contributed by atoms with Crippen molar-refractivity contribution >= 4 is 17.7 Å². The molecule has 0 spiro atoms. The van der Waals surface area contributed by atoms with Crippen LogP contribution in [0.3, 0.4) is 0 Å². The molecule has 0 aliphatic carbocycles. The highest BCUT2D eigenvalue weighted by Gasteiger charge is 2.20. The normalized spacial score (nSPS) is 18.5. The largest absolute Gasteiger partial charge is 0.376 e. The third-order valence-electron chi connectivity index (χ3n) is 3.66. The molecule has 1 aliphatic rings. The van der Waals surface area contributed by atoms with Crippen LogP contribution in [0.25, 0.3) is 0 Å². The van der Waals surface area contributed by atoms with Crippen LogP contribution in [-0.2, 0) is 16.1 Å². The number of rotatable bonds is 5. The summed E-state index contributed by atoms with van der Waals surface area (Å²) >= 11 is 1.51. The van der Waals surface area contributed by atoms with Gasteiger partial charge in [-0.25, -0.2) is 4.98 Å². The fourth-order valence-electron chi connectivity index (χ4n) is 2.20. The van der Waals surface area contributed by atoms with Gasteiger partial charge >= 0.3 is 0 Å². The van der Waals surface area contributed by atoms with Gasteiger partial charge in [0.05, 0.1) is 24.1 Å². The van der Waals surface area contributed by atoms with Crippen molar-refractivity contribution in [3.63, 3.8) is 0 Å². The van der Waals surface area contributed by atoms with Crippen molar-refractivity contribution < 1.29 is 9.53 Å². The Morgan fingerprint density at radius 1 is 1.50 bits per heavy atom. The summed E-state index contributed by atoms with van der Waals surface area (Å²) in [7, 11) is 3.55. The van der Waals surface area contributed by atoms with Gasteiger partial charge in [-0.2, -0.15) is 0 Å². The fraction of sp³-hybridized carbons (Fsp3) is 0.714. The lowest BCUT2D eigenvalue weighted by atomic mass is 10.2. The minimum Gasteiger partial charge on any atom is -0.376 e. The molecule has 0 radical (unpaired) electrons. The Hall–Kier alpha value is -1.01. The topological polar surface area (TPSA) is 47.4 Å². The molecule has 2 rings (SSSR count). The number of amides is 1. The maximum atomic E-state index is 11.7. The zero-order valence-corrected chi connectivity index (χ0v) is 13.5. The summed E-state index contributed by atoms with van der Waals surface area (Å²) in [4.78, 5) is 17.9. The first-order chi connectivity index (χ1) is 9.49. The molecule has 1 unspecified atom stereocenters. The first-order valence-electron chi connectivity index (χ1n) is 6.97. The molecule has 1 aromatic heterocycles. The molecule has 1 saturated heterocycles. The Morgan fingerprint density at radius 2 is 2.25 bits per heavy atom. The van der Waals surface area contributed by atoms with Crippen molar-refractivity contribution in [2.24, 2.45) is 0 Å². The predicted octanol–water partition coefficient (Wildman–Crippen LogP) is 1.86. The number of aryl methyl sites for hydroxylation is 1. The van der Waals surface area contributed by atoms with Crippen LogP contribution in [0.5, 0.6) is 0 Å². The lowest BCUT2D eigenvalue weighted by molar-refractivity contribution is -0.125. The smallest absolute Gasteiger partial charge is 0.232 e. The van der Waals surface area contributed by atoms with Crippen molar-refractivity contribution in [2.45, 2.75) is 44.5 Å². The Morgan fingerprint density at radius 3 is 2.85 bits per heavy atom. The first-order valence-corrected chi connectivity index (χ1v) is 7.96. The zero-order chi connectivity index (χ0) is 14.7. The lowest BCUT2D eigenvalue weighted by Crippen LogP contribution is -2.24. The minimum absolute atomic E-state index is 0.108. The van der Waals surface area contributed by atoms with E-state index in [-0.39, 0.29) is 12.0 Å². The summed E-state index contributed by atoms with van der Waals surface area (Å²) in [6.07, 6.45) is 2.53. The molecule has 0 saturated carbocycles. The van der Waals surface area contributed by atoms with Crippen LogP contribution < -0.4 is 0 Å². The summed E-state index contributed by atoms with van der Waals surface area (Å²) in [6, 6.07) is 0. The van der Waals surface area contributed by atoms with Crippen LogP contribution in [0.15, 0.2) is 5.16 Å². The number of hydrogen-bond donors (Lipinski definition) is 0. The number of imidazole rings is 1. The van der Waals surface area contributed by atoms with Gasteiger partial charge in [-0.3, -0.25) is 4.79 Å². The van der Waals surface area contributed by atoms with Crippen LogP contribution in [0.4, 0.5) is 0 Å². The third-order valence-corrected chi connectivity index (χ3v) is 4.62. The number of carbonyl (C=O) groups is 1. The van der Waals surface area contributed by atoms with Crippen LogP contribution in [0.2, 0.25) is 0 Å². The Kier molecular flexibility index (Phi) is 5.10. The highest BCUT2D eigenvalue weighted by atomic mass is 32.2. The number of aromatic nitrogens is 2. The molecule has 5 nitrogen and oxygen atoms in total. The summed E-state index contributed by atoms with van der Waals surface area (Å²) in [6.45, 7) is 5.79. The van der Waals surface area contributed by atoms with E-state index in [0.29, 0.717) is 5.75 Å². The van der Waals surface area contributed by atoms with Gasteiger partial charge in [0.1, 0.15) is 0 Å². The average molecular weight is 297 g/mol. The van der Waals surface area contributed by atoms with E-state index in [1.165, 1.54) is 17.5 Å². The number of ether oxygens (including phenoxy) is 1. The molecule has 6 heteroatoms. The molecule has 0 N–H and O–H groups in total. The summed E-state index contributed by atoms with van der Waals surface area (Å²) < 4.78 is 7.90. The van der Waals surface area contributed by atoms with E-state index in [9.17, 15) is 4.79 Å². The zero-order valence-electron chi connectivity index (χ0n) is 12.7. The van der Waals surface area contributed by atoms with Crippen molar-refractivity contribution in [3.8, 4) is 0 Å². The molecule has 0 bridgehead atoms. The standard InChI is InChI=1S/C14H23N3O2S/c1-10-11(2)17(8-12-6-5-7-19-12)14(15-10)20-9-13(18)16(3)4/h12H,5-9H2,1-4H3. The van der Waals surface area contributed by atoms with E-state index in [1.807, 2.05) is 6.92 Å². The number of thioether (sulfide) groups is 1. The molecule has 112 valence electrons. The molecule has 1 fully saturated rings. The highest BCUT2D eigenvalue weighted by molar-refractivity contribution is 7.99. The summed E-state index contributed by atoms with van der Waals surface area (Å²) in [5.74, 6) is 0.533. The van der Waals surface area contributed by atoms with E-state index in [4.69, 9.17) is 4.74 Å². The second-order valence-electron chi connectivity index (χ2n) is 5.39. The van der Waals surface area contributed by atoms with Gasteiger partial charge in [0.2, 0.25) is 5.91 Å². The van der Waals surface area contributed by atoms with E-state index >= 15 is 0 Å². The molecule has 1 aliphatic heterocycles. The summed E-state index contributed by atoms with van der Waals surface area (Å²) in [5, 5.41) is 0.922. The second kappa shape index (κ2) is 6.63. The van der Waals surface area contributed by atoms with Crippen molar-refractivity contribution in [2.75, 3.05) is 26.5 Å². The summed E-state index contributed by atoms with van der Waals surface area (Å²) in [5.41, 5.74) is 2.20. The van der Waals surface area contributed by atoms with Gasteiger partial charge in [0.25, 0.3) is 0 Å². The van der Waals surface area contributed by atoms with Crippen molar-refractivity contribution in [3.05, 3.63) is 11.4 Å². The lowest BCUT2D eigenvalue weighted by Gasteiger charge is -2.15. The Balaban J connectivity index is 2.07. The maximum absolute atomic E-state index is 11.7. The molecular formula is C14H23N3O2S. The Bertz CT molecular complexity index is 479. The van der Waals surface area contributed by atoms with Gasteiger partial charge in [-0.1, -0.05) is 11.8 Å². The van der Waals surface area contributed by atoms with Crippen LogP contribution in [-0.4, -0.2) is 52.9 Å². The second-order valence-corrected chi connectivity index (χ2v) is 6.33. The van der Waals surface area contributed by atoms with Crippen LogP contribution >= 0.6 is 11.8 Å². The van der Waals surface area contributed by atoms with E-state index in [2.05, 4.69) is 16.5 Å². The van der Waals surface area contributed by atoms with Gasteiger partial charge in [-0.05, 0) is 26.7 Å². The molecular weight excluding hydrogens is 274 g/mol. The fourth-order valence-corrected chi connectivity index (χ4v) is 3.28. The monoisotopic (exact) mass is 297 g/mol. The number of carbonyl (C=O) groups excluding carboxylic acids is 1. The third kappa shape index (κ3) is 3.55. The molecule has 1 amide bonds. The van der Waals surface area contributed by atoms with E-state index < -0.39 is 0 Å². The van der Waals surface area contributed by atoms with E-state index in [1.54, 1.807) is 19.0 Å². The van der Waals surface area contributed by atoms with Crippen LogP contribution in [0.1, 0.15) is 24.2 Å². The number of hydrogen-bond acceptors (Lipinski definition) is 4. The molecule has 0 aromatic carbocycles.